The predicted octanol–water partition coefficient (Wildman–Crippen LogP) is 5.67. The molecule has 0 saturated carbocycles. The van der Waals surface area contributed by atoms with E-state index in [4.69, 9.17) is 4.52 Å². The Morgan fingerprint density at radius 2 is 1.74 bits per heavy atom. The third kappa shape index (κ3) is 4.71. The first-order chi connectivity index (χ1) is 14.7. The van der Waals surface area contributed by atoms with Crippen LogP contribution in [0.15, 0.2) is 53.1 Å². The Morgan fingerprint density at radius 3 is 2.35 bits per heavy atom. The Labute approximate surface area is 184 Å². The van der Waals surface area contributed by atoms with Crippen molar-refractivity contribution in [1.29, 1.82) is 0 Å². The Hall–Kier alpha value is -2.95. The minimum absolute atomic E-state index is 0.0578. The molecule has 162 valence electrons. The van der Waals surface area contributed by atoms with E-state index in [9.17, 15) is 4.79 Å². The second kappa shape index (κ2) is 8.29. The van der Waals surface area contributed by atoms with Crippen LogP contribution in [0.5, 0.6) is 0 Å². The molecule has 2 aromatic carbocycles. The molecule has 1 saturated heterocycles. The topological polar surface area (TPSA) is 59.2 Å². The summed E-state index contributed by atoms with van der Waals surface area (Å²) >= 11 is 0. The highest BCUT2D eigenvalue weighted by molar-refractivity contribution is 5.79. The fourth-order valence-electron chi connectivity index (χ4n) is 3.96. The summed E-state index contributed by atoms with van der Waals surface area (Å²) in [5.74, 6) is 1.69. The molecule has 1 fully saturated rings. The lowest BCUT2D eigenvalue weighted by Gasteiger charge is -2.18. The van der Waals surface area contributed by atoms with Crippen molar-refractivity contribution in [2.45, 2.75) is 64.8 Å². The lowest BCUT2D eigenvalue weighted by molar-refractivity contribution is -0.128. The van der Waals surface area contributed by atoms with Crippen LogP contribution in [-0.4, -0.2) is 27.5 Å². The van der Waals surface area contributed by atoms with Gasteiger partial charge in [0.05, 0.1) is 5.92 Å². The summed E-state index contributed by atoms with van der Waals surface area (Å²) < 4.78 is 5.55. The molecule has 0 aliphatic carbocycles. The Balaban J connectivity index is 1.43. The maximum absolute atomic E-state index is 12.6. The highest BCUT2D eigenvalue weighted by Gasteiger charge is 2.34. The fourth-order valence-corrected chi connectivity index (χ4v) is 3.96. The minimum atomic E-state index is -0.0578. The van der Waals surface area contributed by atoms with Gasteiger partial charge in [0.1, 0.15) is 0 Å². The molecule has 3 aromatic rings. The van der Waals surface area contributed by atoms with Crippen LogP contribution >= 0.6 is 0 Å². The lowest BCUT2D eigenvalue weighted by Crippen LogP contribution is -2.24. The molecule has 1 atom stereocenters. The van der Waals surface area contributed by atoms with E-state index < -0.39 is 0 Å². The first-order valence-electron chi connectivity index (χ1n) is 11.0. The van der Waals surface area contributed by atoms with Crippen molar-refractivity contribution in [3.63, 3.8) is 0 Å². The third-order valence-electron chi connectivity index (χ3n) is 6.03. The zero-order valence-corrected chi connectivity index (χ0v) is 19.1. The molecular formula is C26H31N3O2. The van der Waals surface area contributed by atoms with E-state index in [-0.39, 0.29) is 17.2 Å². The smallest absolute Gasteiger partial charge is 0.232 e. The Morgan fingerprint density at radius 1 is 1.06 bits per heavy atom. The van der Waals surface area contributed by atoms with E-state index in [1.165, 1.54) is 11.1 Å². The molecule has 31 heavy (non-hydrogen) atoms. The van der Waals surface area contributed by atoms with Gasteiger partial charge in [-0.1, -0.05) is 88.3 Å². The summed E-state index contributed by atoms with van der Waals surface area (Å²) in [7, 11) is 0. The van der Waals surface area contributed by atoms with E-state index in [0.29, 0.717) is 37.1 Å². The molecule has 2 heterocycles. The lowest BCUT2D eigenvalue weighted by atomic mass is 9.87. The van der Waals surface area contributed by atoms with E-state index in [1.54, 1.807) is 0 Å². The molecule has 0 bridgehead atoms. The highest BCUT2D eigenvalue weighted by atomic mass is 16.5. The normalized spacial score (nSPS) is 17.0. The summed E-state index contributed by atoms with van der Waals surface area (Å²) in [5.41, 5.74) is 4.74. The minimum Gasteiger partial charge on any atom is -0.339 e. The second-order valence-corrected chi connectivity index (χ2v) is 9.86. The summed E-state index contributed by atoms with van der Waals surface area (Å²) in [6, 6.07) is 16.8. The van der Waals surface area contributed by atoms with Crippen molar-refractivity contribution in [1.82, 2.24) is 15.0 Å². The zero-order valence-electron chi connectivity index (χ0n) is 19.1. The molecular weight excluding hydrogens is 386 g/mol. The Kier molecular flexibility index (Phi) is 5.69. The summed E-state index contributed by atoms with van der Waals surface area (Å²) in [6.45, 7) is 12.2. The number of likely N-dealkylation sites (tertiary alicyclic amines) is 1. The number of amides is 1. The van der Waals surface area contributed by atoms with Gasteiger partial charge in [0.2, 0.25) is 17.6 Å². The van der Waals surface area contributed by atoms with Gasteiger partial charge in [-0.05, 0) is 28.0 Å². The molecule has 0 radical (unpaired) electrons. The van der Waals surface area contributed by atoms with Crippen LogP contribution in [0.1, 0.15) is 75.5 Å². The van der Waals surface area contributed by atoms with Gasteiger partial charge in [-0.15, -0.1) is 0 Å². The van der Waals surface area contributed by atoms with Crippen molar-refractivity contribution in [3.05, 3.63) is 71.1 Å². The number of carbonyl (C=O) groups is 1. The van der Waals surface area contributed by atoms with Crippen LogP contribution in [0.4, 0.5) is 0 Å². The number of nitrogens with zero attached hydrogens (tertiary/aromatic N) is 3. The first kappa shape index (κ1) is 21.3. The number of rotatable bonds is 5. The molecule has 0 spiro atoms. The van der Waals surface area contributed by atoms with Crippen LogP contribution in [0, 0.1) is 0 Å². The van der Waals surface area contributed by atoms with Crippen molar-refractivity contribution in [2.24, 2.45) is 0 Å². The first-order valence-corrected chi connectivity index (χ1v) is 11.0. The van der Waals surface area contributed by atoms with Gasteiger partial charge in [-0.25, -0.2) is 0 Å². The fraction of sp³-hybridized carbons (Fsp3) is 0.423. The second-order valence-electron chi connectivity index (χ2n) is 9.86. The van der Waals surface area contributed by atoms with Crippen molar-refractivity contribution < 1.29 is 9.32 Å². The monoisotopic (exact) mass is 417 g/mol. The Bertz CT molecular complexity index is 1040. The van der Waals surface area contributed by atoms with Gasteiger partial charge in [-0.3, -0.25) is 4.79 Å². The highest BCUT2D eigenvalue weighted by Crippen LogP contribution is 2.30. The largest absolute Gasteiger partial charge is 0.339 e. The number of aromatic nitrogens is 2. The molecule has 5 heteroatoms. The molecule has 1 unspecified atom stereocenters. The van der Waals surface area contributed by atoms with E-state index in [2.05, 4.69) is 81.2 Å². The predicted molar refractivity (Wildman–Crippen MR) is 122 cm³/mol. The van der Waals surface area contributed by atoms with Gasteiger partial charge in [0.15, 0.2) is 0 Å². The molecule has 1 aliphatic heterocycles. The molecule has 1 aliphatic rings. The third-order valence-corrected chi connectivity index (χ3v) is 6.03. The van der Waals surface area contributed by atoms with Crippen molar-refractivity contribution >= 4 is 5.91 Å². The molecule has 5 nitrogen and oxygen atoms in total. The summed E-state index contributed by atoms with van der Waals surface area (Å²) in [4.78, 5) is 19.1. The van der Waals surface area contributed by atoms with Crippen LogP contribution in [-0.2, 0) is 16.8 Å². The zero-order chi connectivity index (χ0) is 22.2. The average molecular weight is 418 g/mol. The van der Waals surface area contributed by atoms with Gasteiger partial charge in [0, 0.05) is 25.1 Å². The number of carbonyl (C=O) groups excluding carboxylic acids is 1. The molecule has 1 amide bonds. The SMILES string of the molecule is CC(C)c1ccc(CN2CC(c3nc(-c4ccc(C(C)(C)C)cc4)no3)CC2=O)cc1. The van der Waals surface area contributed by atoms with E-state index in [0.717, 1.165) is 11.1 Å². The van der Waals surface area contributed by atoms with E-state index in [1.807, 2.05) is 17.0 Å². The van der Waals surface area contributed by atoms with E-state index >= 15 is 0 Å². The number of hydrogen-bond acceptors (Lipinski definition) is 4. The molecule has 4 rings (SSSR count). The van der Waals surface area contributed by atoms with Crippen LogP contribution in [0.25, 0.3) is 11.4 Å². The van der Waals surface area contributed by atoms with Gasteiger partial charge in [0.25, 0.3) is 0 Å². The maximum Gasteiger partial charge on any atom is 0.232 e. The van der Waals surface area contributed by atoms with Crippen molar-refractivity contribution in [2.75, 3.05) is 6.54 Å². The van der Waals surface area contributed by atoms with Gasteiger partial charge >= 0.3 is 0 Å². The molecule has 0 N–H and O–H groups in total. The standard InChI is InChI=1S/C26H31N3O2/c1-17(2)19-8-6-18(7-9-19)15-29-16-21(14-23(29)30)25-27-24(28-31-25)20-10-12-22(13-11-20)26(3,4)5/h6-13,17,21H,14-16H2,1-5H3. The van der Waals surface area contributed by atoms with Gasteiger partial charge in [-0.2, -0.15) is 4.98 Å². The van der Waals surface area contributed by atoms with Crippen LogP contribution in [0.2, 0.25) is 0 Å². The maximum atomic E-state index is 12.6. The average Bonchev–Trinajstić information content (AvgIpc) is 3.35. The van der Waals surface area contributed by atoms with Crippen molar-refractivity contribution in [3.8, 4) is 11.4 Å². The quantitative estimate of drug-likeness (QED) is 0.536. The van der Waals surface area contributed by atoms with Crippen LogP contribution < -0.4 is 0 Å². The summed E-state index contributed by atoms with van der Waals surface area (Å²) in [6.07, 6.45) is 0.411. The van der Waals surface area contributed by atoms with Gasteiger partial charge < -0.3 is 9.42 Å². The molecule has 1 aromatic heterocycles. The summed E-state index contributed by atoms with van der Waals surface area (Å²) in [5, 5.41) is 4.17. The number of benzene rings is 2. The van der Waals surface area contributed by atoms with Crippen LogP contribution in [0.3, 0.4) is 0 Å². The number of hydrogen-bond donors (Lipinski definition) is 0.